The van der Waals surface area contributed by atoms with E-state index in [1.54, 1.807) is 12.1 Å². The molecule has 0 aliphatic heterocycles. The first-order valence-electron chi connectivity index (χ1n) is 7.15. The first-order valence-corrected chi connectivity index (χ1v) is 8.61. The van der Waals surface area contributed by atoms with Gasteiger partial charge in [-0.3, -0.25) is 9.63 Å². The van der Waals surface area contributed by atoms with Crippen molar-refractivity contribution in [2.75, 3.05) is 25.6 Å². The first-order chi connectivity index (χ1) is 12.3. The minimum atomic E-state index is -1.72. The van der Waals surface area contributed by atoms with Crippen molar-refractivity contribution < 1.29 is 27.5 Å². The summed E-state index contributed by atoms with van der Waals surface area (Å²) in [5.74, 6) is -5.75. The Morgan fingerprint density at radius 1 is 1.19 bits per heavy atom. The zero-order valence-corrected chi connectivity index (χ0v) is 16.3. The number of hydroxylamine groups is 1. The van der Waals surface area contributed by atoms with E-state index in [-0.39, 0.29) is 23.9 Å². The molecule has 2 N–H and O–H groups in total. The maximum atomic E-state index is 14.3. The Kier molecular flexibility index (Phi) is 7.50. The van der Waals surface area contributed by atoms with Gasteiger partial charge in [-0.25, -0.2) is 18.7 Å². The molecule has 26 heavy (non-hydrogen) atoms. The summed E-state index contributed by atoms with van der Waals surface area (Å²) in [6.45, 7) is 0.204. The van der Waals surface area contributed by atoms with Crippen LogP contribution in [0.3, 0.4) is 0 Å². The largest absolute Gasteiger partial charge is 0.382 e. The molecule has 140 valence electrons. The van der Waals surface area contributed by atoms with Crippen LogP contribution in [0.25, 0.3) is 0 Å². The third-order valence-electron chi connectivity index (χ3n) is 3.15. The van der Waals surface area contributed by atoms with Crippen molar-refractivity contribution >= 4 is 51.5 Å². The third kappa shape index (κ3) is 5.00. The third-order valence-corrected chi connectivity index (χ3v) is 4.14. The molecule has 2 rings (SSSR count). The molecule has 0 radical (unpaired) electrons. The molecule has 2 aromatic carbocycles. The molecule has 0 fully saturated rings. The standard InChI is InChI=1S/C16H13ClF3IN2O3/c1-25-4-5-26-23-16(24)9-7-11(18)13(19)14(20)15(9)22-12-3-2-8(21)6-10(12)17/h2-3,6-7,22H,4-5H2,1H3,(H,23,24). The minimum Gasteiger partial charge on any atom is -0.382 e. The Morgan fingerprint density at radius 2 is 1.92 bits per heavy atom. The maximum Gasteiger partial charge on any atom is 0.277 e. The second kappa shape index (κ2) is 9.40. The first kappa shape index (κ1) is 20.7. The van der Waals surface area contributed by atoms with E-state index in [1.165, 1.54) is 13.2 Å². The molecule has 2 aromatic rings. The van der Waals surface area contributed by atoms with Crippen LogP contribution in [-0.4, -0.2) is 26.2 Å². The van der Waals surface area contributed by atoms with Crippen molar-refractivity contribution in [3.05, 3.63) is 55.9 Å². The van der Waals surface area contributed by atoms with Gasteiger partial charge >= 0.3 is 0 Å². The molecule has 0 aliphatic carbocycles. The van der Waals surface area contributed by atoms with Gasteiger partial charge in [-0.15, -0.1) is 0 Å². The molecule has 5 nitrogen and oxygen atoms in total. The molecule has 0 bridgehead atoms. The van der Waals surface area contributed by atoms with Gasteiger partial charge in [-0.05, 0) is 46.9 Å². The summed E-state index contributed by atoms with van der Waals surface area (Å²) in [6, 6.07) is 5.33. The lowest BCUT2D eigenvalue weighted by Crippen LogP contribution is -2.27. The van der Waals surface area contributed by atoms with E-state index >= 15 is 0 Å². The molecule has 0 atom stereocenters. The van der Waals surface area contributed by atoms with Crippen molar-refractivity contribution in [3.63, 3.8) is 0 Å². The second-order valence-electron chi connectivity index (χ2n) is 4.93. The molecule has 0 saturated heterocycles. The smallest absolute Gasteiger partial charge is 0.277 e. The summed E-state index contributed by atoms with van der Waals surface area (Å²) in [7, 11) is 1.43. The summed E-state index contributed by atoms with van der Waals surface area (Å²) in [4.78, 5) is 17.0. The molecule has 0 unspecified atom stereocenters. The second-order valence-corrected chi connectivity index (χ2v) is 6.58. The number of anilines is 2. The fourth-order valence-electron chi connectivity index (χ4n) is 1.92. The van der Waals surface area contributed by atoms with E-state index in [0.717, 1.165) is 3.57 Å². The van der Waals surface area contributed by atoms with Gasteiger partial charge in [0.15, 0.2) is 17.5 Å². The van der Waals surface area contributed by atoms with Gasteiger partial charge in [0.25, 0.3) is 5.91 Å². The van der Waals surface area contributed by atoms with Crippen LogP contribution in [-0.2, 0) is 9.57 Å². The molecule has 1 amide bonds. The van der Waals surface area contributed by atoms with E-state index in [0.29, 0.717) is 6.07 Å². The van der Waals surface area contributed by atoms with E-state index in [4.69, 9.17) is 21.2 Å². The highest BCUT2D eigenvalue weighted by molar-refractivity contribution is 14.1. The number of methoxy groups -OCH3 is 1. The minimum absolute atomic E-state index is 0.0140. The van der Waals surface area contributed by atoms with Crippen molar-refractivity contribution in [1.29, 1.82) is 0 Å². The molecule has 0 aliphatic rings. The highest BCUT2D eigenvalue weighted by atomic mass is 127. The summed E-state index contributed by atoms with van der Waals surface area (Å²) in [6.07, 6.45) is 0. The zero-order chi connectivity index (χ0) is 19.3. The van der Waals surface area contributed by atoms with Gasteiger partial charge < -0.3 is 10.1 Å². The molecule has 0 heterocycles. The van der Waals surface area contributed by atoms with Crippen LogP contribution in [0.4, 0.5) is 24.5 Å². The lowest BCUT2D eigenvalue weighted by Gasteiger charge is -2.15. The average Bonchev–Trinajstić information content (AvgIpc) is 2.60. The number of halogens is 5. The fourth-order valence-corrected chi connectivity index (χ4v) is 2.82. The number of ether oxygens (including phenoxy) is 1. The number of rotatable bonds is 7. The van der Waals surface area contributed by atoms with Gasteiger partial charge in [0.05, 0.1) is 35.2 Å². The Morgan fingerprint density at radius 3 is 2.58 bits per heavy atom. The summed E-state index contributed by atoms with van der Waals surface area (Å²) in [5, 5.41) is 2.74. The lowest BCUT2D eigenvalue weighted by molar-refractivity contribution is 0.00889. The van der Waals surface area contributed by atoms with Gasteiger partial charge in [0, 0.05) is 10.7 Å². The van der Waals surface area contributed by atoms with E-state index in [2.05, 4.69) is 5.32 Å². The maximum absolute atomic E-state index is 14.3. The summed E-state index contributed by atoms with van der Waals surface area (Å²) in [5.41, 5.74) is 1.16. The molecule has 0 spiro atoms. The number of benzene rings is 2. The number of hydrogen-bond acceptors (Lipinski definition) is 4. The number of nitrogens with one attached hydrogen (secondary N) is 2. The Balaban J connectivity index is 2.36. The van der Waals surface area contributed by atoms with Gasteiger partial charge in [0.2, 0.25) is 0 Å². The SMILES string of the molecule is COCCONC(=O)c1cc(F)c(F)c(F)c1Nc1ccc(I)cc1Cl. The van der Waals surface area contributed by atoms with Crippen LogP contribution < -0.4 is 10.8 Å². The predicted molar refractivity (Wildman–Crippen MR) is 99.1 cm³/mol. The Bertz CT molecular complexity index is 824. The Hall–Kier alpha value is -1.56. The highest BCUT2D eigenvalue weighted by Gasteiger charge is 2.23. The van der Waals surface area contributed by atoms with Gasteiger partial charge in [0.1, 0.15) is 0 Å². The highest BCUT2D eigenvalue weighted by Crippen LogP contribution is 2.32. The van der Waals surface area contributed by atoms with E-state index in [1.807, 2.05) is 28.1 Å². The quantitative estimate of drug-likeness (QED) is 0.256. The van der Waals surface area contributed by atoms with Crippen molar-refractivity contribution in [1.82, 2.24) is 5.48 Å². The van der Waals surface area contributed by atoms with Gasteiger partial charge in [-0.2, -0.15) is 0 Å². The van der Waals surface area contributed by atoms with Crippen molar-refractivity contribution in [2.24, 2.45) is 0 Å². The molecule has 0 aromatic heterocycles. The van der Waals surface area contributed by atoms with Gasteiger partial charge in [-0.1, -0.05) is 11.6 Å². The van der Waals surface area contributed by atoms with Crippen LogP contribution in [0, 0.1) is 21.0 Å². The average molecular weight is 501 g/mol. The van der Waals surface area contributed by atoms with Crippen molar-refractivity contribution in [2.45, 2.75) is 0 Å². The number of hydrogen-bond donors (Lipinski definition) is 2. The normalized spacial score (nSPS) is 10.7. The zero-order valence-electron chi connectivity index (χ0n) is 13.3. The number of carbonyl (C=O) groups excluding carboxylic acids is 1. The van der Waals surface area contributed by atoms with E-state index in [9.17, 15) is 18.0 Å². The van der Waals surface area contributed by atoms with Crippen molar-refractivity contribution in [3.8, 4) is 0 Å². The van der Waals surface area contributed by atoms with Crippen LogP contribution in [0.2, 0.25) is 5.02 Å². The van der Waals surface area contributed by atoms with Crippen LogP contribution in [0.1, 0.15) is 10.4 Å². The molecule has 0 saturated carbocycles. The molecule has 10 heteroatoms. The molecular weight excluding hydrogens is 488 g/mol. The number of amides is 1. The Labute approximate surface area is 165 Å². The topological polar surface area (TPSA) is 59.6 Å². The monoisotopic (exact) mass is 500 g/mol. The van der Waals surface area contributed by atoms with Crippen LogP contribution in [0.15, 0.2) is 24.3 Å². The van der Waals surface area contributed by atoms with Crippen LogP contribution in [0.5, 0.6) is 0 Å². The summed E-state index contributed by atoms with van der Waals surface area (Å²) < 4.78 is 47.0. The van der Waals surface area contributed by atoms with E-state index < -0.39 is 34.6 Å². The fraction of sp³-hybridized carbons (Fsp3) is 0.188. The lowest BCUT2D eigenvalue weighted by atomic mass is 10.1. The summed E-state index contributed by atoms with van der Waals surface area (Å²) >= 11 is 8.08. The number of carbonyl (C=O) groups is 1. The molecular formula is C16H13ClF3IN2O3. The van der Waals surface area contributed by atoms with Crippen LogP contribution >= 0.6 is 34.2 Å². The predicted octanol–water partition coefficient (Wildman–Crippen LogP) is 4.41.